The number of carbonyl (C=O) groups excluding carboxylic acids is 2. The molecule has 2 rings (SSSR count). The van der Waals surface area contributed by atoms with Crippen molar-refractivity contribution in [1.82, 2.24) is 5.32 Å². The number of rotatable bonds is 7. The number of esters is 1. The first-order valence-corrected chi connectivity index (χ1v) is 8.80. The summed E-state index contributed by atoms with van der Waals surface area (Å²) in [4.78, 5) is 34.5. The van der Waals surface area contributed by atoms with Crippen molar-refractivity contribution in [3.63, 3.8) is 0 Å². The Hall–Kier alpha value is -2.64. The summed E-state index contributed by atoms with van der Waals surface area (Å²) in [6, 6.07) is 3.92. The van der Waals surface area contributed by atoms with Crippen molar-refractivity contribution in [2.45, 2.75) is 45.6 Å². The smallest absolute Gasteiger partial charge is 0.338 e. The molecule has 1 aromatic carbocycles. The first-order chi connectivity index (χ1) is 12.4. The fraction of sp³-hybridized carbons (Fsp3) is 0.556. The molecule has 1 saturated carbocycles. The van der Waals surface area contributed by atoms with Crippen molar-refractivity contribution in [3.05, 3.63) is 33.9 Å². The van der Waals surface area contributed by atoms with Gasteiger partial charge in [0.15, 0.2) is 12.4 Å². The molecule has 0 heterocycles. The number of nitrogens with zero attached hydrogens (tertiary/aromatic N) is 1. The SMILES string of the molecule is CCOc1ccc(C(=O)OCC(=O)N[C@@H]2CCCC[C@@H]2C)cc1[N+](=O)[O-]. The summed E-state index contributed by atoms with van der Waals surface area (Å²) >= 11 is 0. The molecular weight excluding hydrogens is 340 g/mol. The van der Waals surface area contributed by atoms with Crippen LogP contribution >= 0.6 is 0 Å². The predicted octanol–water partition coefficient (Wildman–Crippen LogP) is 2.85. The van der Waals surface area contributed by atoms with Crippen LogP contribution in [0.4, 0.5) is 5.69 Å². The van der Waals surface area contributed by atoms with Crippen LogP contribution in [-0.2, 0) is 9.53 Å². The molecule has 26 heavy (non-hydrogen) atoms. The molecule has 8 nitrogen and oxygen atoms in total. The van der Waals surface area contributed by atoms with E-state index in [1.165, 1.54) is 18.6 Å². The molecule has 0 bridgehead atoms. The van der Waals surface area contributed by atoms with Crippen LogP contribution in [0.15, 0.2) is 18.2 Å². The minimum atomic E-state index is -0.789. The van der Waals surface area contributed by atoms with Gasteiger partial charge >= 0.3 is 11.7 Å². The normalized spacial score (nSPS) is 19.5. The Labute approximate surface area is 152 Å². The number of carbonyl (C=O) groups is 2. The van der Waals surface area contributed by atoms with Crippen molar-refractivity contribution in [2.24, 2.45) is 5.92 Å². The van der Waals surface area contributed by atoms with E-state index in [0.717, 1.165) is 25.3 Å². The first kappa shape index (κ1) is 19.7. The van der Waals surface area contributed by atoms with Gasteiger partial charge in [0.05, 0.1) is 17.1 Å². The average molecular weight is 364 g/mol. The van der Waals surface area contributed by atoms with E-state index < -0.39 is 17.5 Å². The molecule has 1 fully saturated rings. The Kier molecular flexibility index (Phi) is 6.94. The summed E-state index contributed by atoms with van der Waals surface area (Å²) in [5, 5.41) is 14.0. The molecule has 2 atom stereocenters. The molecule has 0 aliphatic heterocycles. The van der Waals surface area contributed by atoms with Gasteiger partial charge in [0.2, 0.25) is 0 Å². The lowest BCUT2D eigenvalue weighted by Gasteiger charge is -2.29. The summed E-state index contributed by atoms with van der Waals surface area (Å²) < 4.78 is 10.2. The van der Waals surface area contributed by atoms with Gasteiger partial charge in [-0.05, 0) is 37.8 Å². The van der Waals surface area contributed by atoms with Crippen molar-refractivity contribution in [1.29, 1.82) is 0 Å². The van der Waals surface area contributed by atoms with E-state index in [2.05, 4.69) is 12.2 Å². The summed E-state index contributed by atoms with van der Waals surface area (Å²) in [6.45, 7) is 3.65. The topological polar surface area (TPSA) is 108 Å². The number of hydrogen-bond acceptors (Lipinski definition) is 6. The molecule has 0 saturated heterocycles. The number of nitrogens with one attached hydrogen (secondary N) is 1. The molecule has 1 N–H and O–H groups in total. The Morgan fingerprint density at radius 2 is 2.04 bits per heavy atom. The molecule has 8 heteroatoms. The fourth-order valence-electron chi connectivity index (χ4n) is 3.06. The zero-order valence-electron chi connectivity index (χ0n) is 15.0. The first-order valence-electron chi connectivity index (χ1n) is 8.80. The zero-order valence-corrected chi connectivity index (χ0v) is 15.0. The van der Waals surface area contributed by atoms with Gasteiger partial charge in [0.25, 0.3) is 5.91 Å². The minimum absolute atomic E-state index is 0.000938. The number of benzene rings is 1. The number of nitro benzene ring substituents is 1. The second-order valence-electron chi connectivity index (χ2n) is 6.38. The second kappa shape index (κ2) is 9.17. The fourth-order valence-corrected chi connectivity index (χ4v) is 3.06. The van der Waals surface area contributed by atoms with Crippen LogP contribution in [0.25, 0.3) is 0 Å². The Morgan fingerprint density at radius 1 is 1.31 bits per heavy atom. The highest BCUT2D eigenvalue weighted by Crippen LogP contribution is 2.28. The third-order valence-electron chi connectivity index (χ3n) is 4.48. The van der Waals surface area contributed by atoms with Crippen molar-refractivity contribution in [3.8, 4) is 5.75 Å². The van der Waals surface area contributed by atoms with Crippen LogP contribution in [0.2, 0.25) is 0 Å². The van der Waals surface area contributed by atoms with Crippen LogP contribution < -0.4 is 10.1 Å². The molecule has 142 valence electrons. The average Bonchev–Trinajstić information content (AvgIpc) is 2.62. The van der Waals surface area contributed by atoms with Gasteiger partial charge in [-0.25, -0.2) is 4.79 Å². The summed E-state index contributed by atoms with van der Waals surface area (Å²) in [6.07, 6.45) is 4.23. The van der Waals surface area contributed by atoms with Crippen molar-refractivity contribution in [2.75, 3.05) is 13.2 Å². The van der Waals surface area contributed by atoms with Crippen LogP contribution in [0.5, 0.6) is 5.75 Å². The molecule has 1 aromatic rings. The van der Waals surface area contributed by atoms with E-state index >= 15 is 0 Å². The Morgan fingerprint density at radius 3 is 2.69 bits per heavy atom. The third kappa shape index (κ3) is 5.18. The van der Waals surface area contributed by atoms with Crippen LogP contribution in [0.3, 0.4) is 0 Å². The van der Waals surface area contributed by atoms with Crippen molar-refractivity contribution < 1.29 is 24.0 Å². The quantitative estimate of drug-likeness (QED) is 0.453. The molecule has 0 aromatic heterocycles. The van der Waals surface area contributed by atoms with Crippen LogP contribution in [-0.4, -0.2) is 36.1 Å². The Balaban J connectivity index is 1.93. The number of hydrogen-bond donors (Lipinski definition) is 1. The largest absolute Gasteiger partial charge is 0.487 e. The van der Waals surface area contributed by atoms with Gasteiger partial charge in [-0.2, -0.15) is 0 Å². The molecule has 0 radical (unpaired) electrons. The van der Waals surface area contributed by atoms with E-state index in [4.69, 9.17) is 9.47 Å². The van der Waals surface area contributed by atoms with E-state index in [-0.39, 0.29) is 35.6 Å². The highest BCUT2D eigenvalue weighted by molar-refractivity contribution is 5.92. The lowest BCUT2D eigenvalue weighted by molar-refractivity contribution is -0.385. The van der Waals surface area contributed by atoms with E-state index in [1.54, 1.807) is 6.92 Å². The van der Waals surface area contributed by atoms with Gasteiger partial charge < -0.3 is 14.8 Å². The highest BCUT2D eigenvalue weighted by Gasteiger charge is 2.24. The maximum absolute atomic E-state index is 12.1. The molecular formula is C18H24N2O6. The van der Waals surface area contributed by atoms with Gasteiger partial charge in [-0.15, -0.1) is 0 Å². The number of ether oxygens (including phenoxy) is 2. The molecule has 0 unspecified atom stereocenters. The van der Waals surface area contributed by atoms with Crippen LogP contribution in [0, 0.1) is 16.0 Å². The summed E-state index contributed by atoms with van der Waals surface area (Å²) in [5.74, 6) is -0.671. The highest BCUT2D eigenvalue weighted by atomic mass is 16.6. The minimum Gasteiger partial charge on any atom is -0.487 e. The molecule has 1 aliphatic rings. The zero-order chi connectivity index (χ0) is 19.1. The van der Waals surface area contributed by atoms with Crippen molar-refractivity contribution >= 4 is 17.6 Å². The monoisotopic (exact) mass is 364 g/mol. The van der Waals surface area contributed by atoms with Gasteiger partial charge in [0, 0.05) is 12.1 Å². The second-order valence-corrected chi connectivity index (χ2v) is 6.38. The molecule has 0 spiro atoms. The summed E-state index contributed by atoms with van der Waals surface area (Å²) in [5.41, 5.74) is -0.319. The molecule has 1 amide bonds. The lowest BCUT2D eigenvalue weighted by atomic mass is 9.86. The third-order valence-corrected chi connectivity index (χ3v) is 4.48. The standard InChI is InChI=1S/C18H24N2O6/c1-3-25-16-9-8-13(10-15(16)20(23)24)18(22)26-11-17(21)19-14-7-5-4-6-12(14)2/h8-10,12,14H,3-7,11H2,1-2H3,(H,19,21)/t12-,14+/m0/s1. The molecule has 1 aliphatic carbocycles. The maximum Gasteiger partial charge on any atom is 0.338 e. The van der Waals surface area contributed by atoms with Gasteiger partial charge in [-0.1, -0.05) is 19.8 Å². The maximum atomic E-state index is 12.1. The van der Waals surface area contributed by atoms with E-state index in [1.807, 2.05) is 0 Å². The predicted molar refractivity (Wildman–Crippen MR) is 94.1 cm³/mol. The van der Waals surface area contributed by atoms with E-state index in [0.29, 0.717) is 5.92 Å². The summed E-state index contributed by atoms with van der Waals surface area (Å²) in [7, 11) is 0. The number of amides is 1. The Bertz CT molecular complexity index is 676. The lowest BCUT2D eigenvalue weighted by Crippen LogP contribution is -2.42. The van der Waals surface area contributed by atoms with Crippen LogP contribution in [0.1, 0.15) is 49.9 Å². The number of nitro groups is 1. The van der Waals surface area contributed by atoms with Gasteiger partial charge in [0.1, 0.15) is 0 Å². The van der Waals surface area contributed by atoms with E-state index in [9.17, 15) is 19.7 Å². The van der Waals surface area contributed by atoms with Gasteiger partial charge in [-0.3, -0.25) is 14.9 Å².